The van der Waals surface area contributed by atoms with Gasteiger partial charge in [0, 0.05) is 26.0 Å². The minimum Gasteiger partial charge on any atom is -0.368 e. The predicted molar refractivity (Wildman–Crippen MR) is 69.5 cm³/mol. The van der Waals surface area contributed by atoms with Crippen LogP contribution in [0.5, 0.6) is 0 Å². The van der Waals surface area contributed by atoms with Crippen LogP contribution >= 0.6 is 0 Å². The van der Waals surface area contributed by atoms with Gasteiger partial charge < -0.3 is 10.6 Å². The van der Waals surface area contributed by atoms with E-state index in [2.05, 4.69) is 33.8 Å². The molecule has 2 rings (SSSR count). The molecule has 2 aromatic heterocycles. The van der Waals surface area contributed by atoms with Crippen molar-refractivity contribution in [3.8, 4) is 5.95 Å². The Bertz CT molecular complexity index is 506. The summed E-state index contributed by atoms with van der Waals surface area (Å²) >= 11 is 0. The van der Waals surface area contributed by atoms with Crippen molar-refractivity contribution >= 4 is 11.9 Å². The highest BCUT2D eigenvalue weighted by Crippen LogP contribution is 2.11. The van der Waals surface area contributed by atoms with Crippen LogP contribution in [0.4, 0.5) is 11.9 Å². The maximum atomic E-state index is 5.71. The number of nitrogens with two attached hydrogens (primary N) is 1. The molecule has 18 heavy (non-hydrogen) atoms. The van der Waals surface area contributed by atoms with E-state index in [1.807, 2.05) is 11.9 Å². The molecule has 0 saturated heterocycles. The van der Waals surface area contributed by atoms with Crippen LogP contribution in [0.1, 0.15) is 13.8 Å². The molecule has 96 valence electrons. The van der Waals surface area contributed by atoms with Crippen LogP contribution in [0.15, 0.2) is 18.7 Å². The fraction of sp³-hybridized carbons (Fsp3) is 0.455. The lowest BCUT2D eigenvalue weighted by atomic mass is 10.2. The zero-order chi connectivity index (χ0) is 13.1. The molecule has 2 aromatic rings. The standard InChI is InChI=1S/C11H17N7/c1-8(2)6-17(3)10-14-9(12)15-11(16-10)18-5-4-13-7-18/h4-5,7-8H,6H2,1-3H3,(H2,12,14,15,16). The Kier molecular flexibility index (Phi) is 3.40. The van der Waals surface area contributed by atoms with Crippen LogP contribution in [-0.4, -0.2) is 38.1 Å². The number of hydrogen-bond acceptors (Lipinski definition) is 6. The van der Waals surface area contributed by atoms with Gasteiger partial charge in [-0.15, -0.1) is 0 Å². The monoisotopic (exact) mass is 247 g/mol. The molecular weight excluding hydrogens is 230 g/mol. The molecule has 0 fully saturated rings. The second-order valence-corrected chi connectivity index (χ2v) is 4.54. The van der Waals surface area contributed by atoms with Gasteiger partial charge >= 0.3 is 0 Å². The average molecular weight is 247 g/mol. The number of anilines is 2. The van der Waals surface area contributed by atoms with Crippen molar-refractivity contribution in [2.75, 3.05) is 24.2 Å². The van der Waals surface area contributed by atoms with E-state index in [0.29, 0.717) is 17.8 Å². The lowest BCUT2D eigenvalue weighted by Crippen LogP contribution is -2.25. The minimum absolute atomic E-state index is 0.208. The molecule has 0 bridgehead atoms. The van der Waals surface area contributed by atoms with E-state index in [4.69, 9.17) is 5.73 Å². The topological polar surface area (TPSA) is 85.8 Å². The first-order valence-corrected chi connectivity index (χ1v) is 5.77. The number of imidazole rings is 1. The number of nitrogens with zero attached hydrogens (tertiary/aromatic N) is 6. The largest absolute Gasteiger partial charge is 0.368 e. The molecule has 0 saturated carbocycles. The molecule has 0 spiro atoms. The summed E-state index contributed by atoms with van der Waals surface area (Å²) in [6, 6.07) is 0. The number of hydrogen-bond donors (Lipinski definition) is 1. The van der Waals surface area contributed by atoms with Crippen LogP contribution in [0.3, 0.4) is 0 Å². The fourth-order valence-electron chi connectivity index (χ4n) is 1.66. The Balaban J connectivity index is 2.32. The van der Waals surface area contributed by atoms with E-state index >= 15 is 0 Å². The molecular formula is C11H17N7. The van der Waals surface area contributed by atoms with Crippen LogP contribution in [0.25, 0.3) is 5.95 Å². The first kappa shape index (κ1) is 12.3. The van der Waals surface area contributed by atoms with Gasteiger partial charge in [0.05, 0.1) is 0 Å². The molecule has 0 amide bonds. The molecule has 0 aliphatic rings. The van der Waals surface area contributed by atoms with Crippen LogP contribution in [0.2, 0.25) is 0 Å². The first-order chi connectivity index (χ1) is 8.56. The highest BCUT2D eigenvalue weighted by atomic mass is 15.3. The van der Waals surface area contributed by atoms with Crippen molar-refractivity contribution < 1.29 is 0 Å². The molecule has 2 heterocycles. The Labute approximate surface area is 106 Å². The molecule has 7 heteroatoms. The molecule has 0 unspecified atom stereocenters. The van der Waals surface area contributed by atoms with Crippen molar-refractivity contribution in [2.45, 2.75) is 13.8 Å². The SMILES string of the molecule is CC(C)CN(C)c1nc(N)nc(-n2ccnc2)n1. The minimum atomic E-state index is 0.208. The summed E-state index contributed by atoms with van der Waals surface area (Å²) in [5.74, 6) is 1.77. The highest BCUT2D eigenvalue weighted by Gasteiger charge is 2.11. The third-order valence-electron chi connectivity index (χ3n) is 2.34. The summed E-state index contributed by atoms with van der Waals surface area (Å²) in [7, 11) is 1.94. The summed E-state index contributed by atoms with van der Waals surface area (Å²) in [5, 5.41) is 0. The fourth-order valence-corrected chi connectivity index (χ4v) is 1.66. The van der Waals surface area contributed by atoms with Gasteiger partial charge in [0.25, 0.3) is 0 Å². The van der Waals surface area contributed by atoms with Gasteiger partial charge in [-0.05, 0) is 5.92 Å². The van der Waals surface area contributed by atoms with E-state index in [1.165, 1.54) is 0 Å². The maximum absolute atomic E-state index is 5.71. The van der Waals surface area contributed by atoms with Crippen LogP contribution < -0.4 is 10.6 Å². The Morgan fingerprint density at radius 1 is 1.33 bits per heavy atom. The van der Waals surface area contributed by atoms with Crippen molar-refractivity contribution in [3.63, 3.8) is 0 Å². The third kappa shape index (κ3) is 2.73. The third-order valence-corrected chi connectivity index (χ3v) is 2.34. The van der Waals surface area contributed by atoms with Gasteiger partial charge in [0.15, 0.2) is 0 Å². The van der Waals surface area contributed by atoms with Gasteiger partial charge in [-0.25, -0.2) is 4.98 Å². The van der Waals surface area contributed by atoms with Gasteiger partial charge in [0.2, 0.25) is 17.8 Å². The normalized spacial score (nSPS) is 10.9. The molecule has 0 atom stereocenters. The Morgan fingerprint density at radius 3 is 2.72 bits per heavy atom. The van der Waals surface area contributed by atoms with E-state index in [-0.39, 0.29) is 5.95 Å². The molecule has 0 aromatic carbocycles. The molecule has 0 aliphatic carbocycles. The predicted octanol–water partition coefficient (Wildman–Crippen LogP) is 0.732. The van der Waals surface area contributed by atoms with E-state index in [1.54, 1.807) is 23.3 Å². The van der Waals surface area contributed by atoms with E-state index in [0.717, 1.165) is 6.54 Å². The Hall–Kier alpha value is -2.18. The maximum Gasteiger partial charge on any atom is 0.241 e. The van der Waals surface area contributed by atoms with Crippen molar-refractivity contribution in [1.82, 2.24) is 24.5 Å². The number of aromatic nitrogens is 5. The summed E-state index contributed by atoms with van der Waals surface area (Å²) in [4.78, 5) is 18.5. The molecule has 7 nitrogen and oxygen atoms in total. The Morgan fingerprint density at radius 2 is 2.11 bits per heavy atom. The first-order valence-electron chi connectivity index (χ1n) is 5.77. The molecule has 2 N–H and O–H groups in total. The average Bonchev–Trinajstić information content (AvgIpc) is 2.80. The summed E-state index contributed by atoms with van der Waals surface area (Å²) in [6.07, 6.45) is 5.06. The van der Waals surface area contributed by atoms with Gasteiger partial charge in [-0.1, -0.05) is 13.8 Å². The highest BCUT2D eigenvalue weighted by molar-refractivity contribution is 5.37. The van der Waals surface area contributed by atoms with Gasteiger partial charge in [0.1, 0.15) is 6.33 Å². The van der Waals surface area contributed by atoms with Crippen LogP contribution in [0, 0.1) is 5.92 Å². The number of rotatable bonds is 4. The number of nitrogen functional groups attached to an aromatic ring is 1. The summed E-state index contributed by atoms with van der Waals surface area (Å²) < 4.78 is 1.70. The van der Waals surface area contributed by atoms with Gasteiger partial charge in [-0.2, -0.15) is 15.0 Å². The quantitative estimate of drug-likeness (QED) is 0.857. The summed E-state index contributed by atoms with van der Waals surface area (Å²) in [6.45, 7) is 5.13. The van der Waals surface area contributed by atoms with Crippen LogP contribution in [-0.2, 0) is 0 Å². The van der Waals surface area contributed by atoms with Gasteiger partial charge in [-0.3, -0.25) is 4.57 Å². The lowest BCUT2D eigenvalue weighted by Gasteiger charge is -2.19. The van der Waals surface area contributed by atoms with Crippen molar-refractivity contribution in [1.29, 1.82) is 0 Å². The summed E-state index contributed by atoms with van der Waals surface area (Å²) in [5.41, 5.74) is 5.71. The zero-order valence-electron chi connectivity index (χ0n) is 10.8. The molecule has 0 radical (unpaired) electrons. The lowest BCUT2D eigenvalue weighted by molar-refractivity contribution is 0.628. The van der Waals surface area contributed by atoms with E-state index in [9.17, 15) is 0 Å². The zero-order valence-corrected chi connectivity index (χ0v) is 10.8. The van der Waals surface area contributed by atoms with E-state index < -0.39 is 0 Å². The second-order valence-electron chi connectivity index (χ2n) is 4.54. The smallest absolute Gasteiger partial charge is 0.241 e. The van der Waals surface area contributed by atoms with Crippen molar-refractivity contribution in [2.24, 2.45) is 5.92 Å². The molecule has 0 aliphatic heterocycles. The van der Waals surface area contributed by atoms with Crippen molar-refractivity contribution in [3.05, 3.63) is 18.7 Å². The second kappa shape index (κ2) is 4.99.